The molecule has 0 radical (unpaired) electrons. The van der Waals surface area contributed by atoms with E-state index in [-0.39, 0.29) is 10.3 Å². The van der Waals surface area contributed by atoms with Gasteiger partial charge in [0.2, 0.25) is 0 Å². The third kappa shape index (κ3) is 2.92. The third-order valence-corrected chi connectivity index (χ3v) is 4.42. The summed E-state index contributed by atoms with van der Waals surface area (Å²) in [5.74, 6) is -1.80. The predicted molar refractivity (Wildman–Crippen MR) is 66.1 cm³/mol. The molecule has 19 heavy (non-hydrogen) atoms. The van der Waals surface area contributed by atoms with E-state index in [9.17, 15) is 17.2 Å². The lowest BCUT2D eigenvalue weighted by atomic mass is 10.3. The van der Waals surface area contributed by atoms with Crippen LogP contribution in [0.15, 0.2) is 32.1 Å². The largest absolute Gasteiger partial charge is 0.360 e. The van der Waals surface area contributed by atoms with Crippen LogP contribution in [0.4, 0.5) is 14.6 Å². The lowest BCUT2D eigenvalue weighted by Gasteiger charge is -2.08. The quantitative estimate of drug-likeness (QED) is 0.921. The molecule has 102 valence electrons. The number of sulfonamides is 1. The molecule has 1 heterocycles. The van der Waals surface area contributed by atoms with Crippen LogP contribution in [0, 0.1) is 18.6 Å². The maximum Gasteiger partial charge on any atom is 0.267 e. The Balaban J connectivity index is 2.45. The van der Waals surface area contributed by atoms with Crippen LogP contribution in [0.2, 0.25) is 0 Å². The second kappa shape index (κ2) is 4.89. The van der Waals surface area contributed by atoms with Crippen molar-refractivity contribution >= 4 is 31.8 Å². The standard InChI is InChI=1S/C10H7BrF2N2O3S/c1-5-2-9(14-18-5)15-19(16,17)10-7(11)3-6(12)4-8(10)13/h2-4H,1H3,(H,14,15). The van der Waals surface area contributed by atoms with Crippen molar-refractivity contribution in [1.29, 1.82) is 0 Å². The molecule has 1 N–H and O–H groups in total. The number of hydrogen-bond acceptors (Lipinski definition) is 4. The van der Waals surface area contributed by atoms with Gasteiger partial charge < -0.3 is 4.52 Å². The van der Waals surface area contributed by atoms with E-state index in [1.165, 1.54) is 6.07 Å². The number of benzene rings is 1. The Kier molecular flexibility index (Phi) is 3.59. The Morgan fingerprint density at radius 2 is 2.00 bits per heavy atom. The number of halogens is 3. The van der Waals surface area contributed by atoms with Crippen LogP contribution < -0.4 is 4.72 Å². The number of hydrogen-bond donors (Lipinski definition) is 1. The summed E-state index contributed by atoms with van der Waals surface area (Å²) >= 11 is 2.81. The van der Waals surface area contributed by atoms with Gasteiger partial charge >= 0.3 is 0 Å². The maximum atomic E-state index is 13.6. The monoisotopic (exact) mass is 352 g/mol. The lowest BCUT2D eigenvalue weighted by Crippen LogP contribution is -2.15. The van der Waals surface area contributed by atoms with Crippen molar-refractivity contribution in [1.82, 2.24) is 5.16 Å². The van der Waals surface area contributed by atoms with Gasteiger partial charge in [-0.05, 0) is 28.9 Å². The fourth-order valence-corrected chi connectivity index (χ4v) is 3.54. The third-order valence-electron chi connectivity index (χ3n) is 2.10. The van der Waals surface area contributed by atoms with Gasteiger partial charge in [-0.2, -0.15) is 0 Å². The van der Waals surface area contributed by atoms with Gasteiger partial charge in [-0.1, -0.05) is 5.16 Å². The van der Waals surface area contributed by atoms with Crippen LogP contribution >= 0.6 is 15.9 Å². The summed E-state index contributed by atoms with van der Waals surface area (Å²) in [6.07, 6.45) is 0. The molecule has 0 unspecified atom stereocenters. The average Bonchev–Trinajstić information content (AvgIpc) is 2.60. The van der Waals surface area contributed by atoms with Gasteiger partial charge in [0.1, 0.15) is 22.3 Å². The van der Waals surface area contributed by atoms with Crippen LogP contribution in [0.5, 0.6) is 0 Å². The molecular formula is C10H7BrF2N2O3S. The molecule has 0 saturated heterocycles. The van der Waals surface area contributed by atoms with Gasteiger partial charge in [0, 0.05) is 16.6 Å². The highest BCUT2D eigenvalue weighted by Crippen LogP contribution is 2.27. The zero-order valence-electron chi connectivity index (χ0n) is 9.45. The van der Waals surface area contributed by atoms with Gasteiger partial charge in [-0.15, -0.1) is 0 Å². The number of anilines is 1. The van der Waals surface area contributed by atoms with E-state index in [1.54, 1.807) is 6.92 Å². The van der Waals surface area contributed by atoms with Gasteiger partial charge in [0.15, 0.2) is 5.82 Å². The number of aromatic nitrogens is 1. The van der Waals surface area contributed by atoms with Crippen LogP contribution in [-0.2, 0) is 10.0 Å². The van der Waals surface area contributed by atoms with E-state index in [0.717, 1.165) is 6.07 Å². The molecule has 0 aliphatic carbocycles. The molecule has 0 aliphatic rings. The molecule has 5 nitrogen and oxygen atoms in total. The first-order valence-corrected chi connectivity index (χ1v) is 7.18. The summed E-state index contributed by atoms with van der Waals surface area (Å²) in [4.78, 5) is -0.699. The highest BCUT2D eigenvalue weighted by Gasteiger charge is 2.24. The van der Waals surface area contributed by atoms with E-state index in [4.69, 9.17) is 0 Å². The molecule has 2 rings (SSSR count). The lowest BCUT2D eigenvalue weighted by molar-refractivity contribution is 0.400. The molecule has 0 atom stereocenters. The van der Waals surface area contributed by atoms with Gasteiger partial charge in [0.05, 0.1) is 0 Å². The fraction of sp³-hybridized carbons (Fsp3) is 0.100. The average molecular weight is 353 g/mol. The molecule has 2 aromatic rings. The van der Waals surface area contributed by atoms with Gasteiger partial charge in [-0.25, -0.2) is 17.2 Å². The number of nitrogens with one attached hydrogen (secondary N) is 1. The summed E-state index contributed by atoms with van der Waals surface area (Å²) in [5, 5.41) is 3.43. The molecule has 1 aromatic carbocycles. The van der Waals surface area contributed by atoms with Crippen molar-refractivity contribution in [3.05, 3.63) is 40.1 Å². The predicted octanol–water partition coefficient (Wildman–Crippen LogP) is 2.82. The maximum absolute atomic E-state index is 13.6. The van der Waals surface area contributed by atoms with Crippen LogP contribution in [0.25, 0.3) is 0 Å². The van der Waals surface area contributed by atoms with Crippen molar-refractivity contribution < 1.29 is 21.7 Å². The van der Waals surface area contributed by atoms with Crippen molar-refractivity contribution in [3.63, 3.8) is 0 Å². The number of rotatable bonds is 3. The summed E-state index contributed by atoms with van der Waals surface area (Å²) in [7, 11) is -4.24. The molecule has 1 aromatic heterocycles. The van der Waals surface area contributed by atoms with Crippen molar-refractivity contribution in [2.45, 2.75) is 11.8 Å². The summed E-state index contributed by atoms with van der Waals surface area (Å²) < 4.78 is 56.9. The zero-order valence-corrected chi connectivity index (χ0v) is 11.8. The smallest absolute Gasteiger partial charge is 0.267 e. The molecule has 0 spiro atoms. The Morgan fingerprint density at radius 1 is 1.32 bits per heavy atom. The topological polar surface area (TPSA) is 72.2 Å². The van der Waals surface area contributed by atoms with E-state index in [1.807, 2.05) is 4.72 Å². The minimum atomic E-state index is -4.24. The molecular weight excluding hydrogens is 346 g/mol. The molecule has 0 bridgehead atoms. The zero-order chi connectivity index (χ0) is 14.2. The molecule has 0 fully saturated rings. The van der Waals surface area contributed by atoms with Crippen LogP contribution in [0.1, 0.15) is 5.76 Å². The van der Waals surface area contributed by atoms with E-state index < -0.39 is 26.6 Å². The molecule has 0 aliphatic heterocycles. The van der Waals surface area contributed by atoms with E-state index in [2.05, 4.69) is 25.6 Å². The fourth-order valence-electron chi connectivity index (χ4n) is 1.39. The molecule has 0 amide bonds. The molecule has 0 saturated carbocycles. The van der Waals surface area contributed by atoms with Crippen LogP contribution in [0.3, 0.4) is 0 Å². The van der Waals surface area contributed by atoms with Crippen molar-refractivity contribution in [2.75, 3.05) is 4.72 Å². The van der Waals surface area contributed by atoms with Crippen molar-refractivity contribution in [3.8, 4) is 0 Å². The summed E-state index contributed by atoms with van der Waals surface area (Å²) in [5.41, 5.74) is 0. The van der Waals surface area contributed by atoms with E-state index >= 15 is 0 Å². The Hall–Kier alpha value is -1.48. The Morgan fingerprint density at radius 3 is 2.53 bits per heavy atom. The number of aryl methyl sites for hydroxylation is 1. The van der Waals surface area contributed by atoms with E-state index in [0.29, 0.717) is 11.8 Å². The minimum absolute atomic E-state index is 0.0897. The highest BCUT2D eigenvalue weighted by atomic mass is 79.9. The first-order chi connectivity index (χ1) is 8.79. The second-order valence-electron chi connectivity index (χ2n) is 3.63. The first kappa shape index (κ1) is 13.9. The minimum Gasteiger partial charge on any atom is -0.360 e. The Labute approximate surface area is 115 Å². The summed E-state index contributed by atoms with van der Waals surface area (Å²) in [6, 6.07) is 2.66. The van der Waals surface area contributed by atoms with Gasteiger partial charge in [-0.3, -0.25) is 4.72 Å². The molecule has 9 heteroatoms. The number of nitrogens with zero attached hydrogens (tertiary/aromatic N) is 1. The van der Waals surface area contributed by atoms with Crippen molar-refractivity contribution in [2.24, 2.45) is 0 Å². The van der Waals surface area contributed by atoms with Gasteiger partial charge in [0.25, 0.3) is 10.0 Å². The normalized spacial score (nSPS) is 11.6. The highest BCUT2D eigenvalue weighted by molar-refractivity contribution is 9.10. The van der Waals surface area contributed by atoms with Crippen LogP contribution in [-0.4, -0.2) is 13.6 Å². The SMILES string of the molecule is Cc1cc(NS(=O)(=O)c2c(F)cc(F)cc2Br)no1. The Bertz CT molecular complexity index is 707. The summed E-state index contributed by atoms with van der Waals surface area (Å²) in [6.45, 7) is 1.57. The second-order valence-corrected chi connectivity index (χ2v) is 6.10. The first-order valence-electron chi connectivity index (χ1n) is 4.90.